The monoisotopic (exact) mass is 358 g/mol. The van der Waals surface area contributed by atoms with Crippen LogP contribution in [0.3, 0.4) is 0 Å². The fourth-order valence-electron chi connectivity index (χ4n) is 3.27. The van der Waals surface area contributed by atoms with Crippen LogP contribution in [0, 0.1) is 6.92 Å². The summed E-state index contributed by atoms with van der Waals surface area (Å²) in [4.78, 5) is 18.1. The van der Waals surface area contributed by atoms with Gasteiger partial charge >= 0.3 is 0 Å². The summed E-state index contributed by atoms with van der Waals surface area (Å²) in [5.74, 6) is 1.10. The highest BCUT2D eigenvalue weighted by Gasteiger charge is 2.30. The maximum absolute atomic E-state index is 12.7. The van der Waals surface area contributed by atoms with Gasteiger partial charge in [-0.05, 0) is 56.0 Å². The van der Waals surface area contributed by atoms with Gasteiger partial charge in [-0.15, -0.1) is 11.3 Å². The second-order valence-electron chi connectivity index (χ2n) is 6.66. The van der Waals surface area contributed by atoms with E-state index in [1.807, 2.05) is 35.0 Å². The molecule has 1 unspecified atom stereocenters. The average Bonchev–Trinajstić information content (AvgIpc) is 3.26. The lowest BCUT2D eigenvalue weighted by Crippen LogP contribution is -2.39. The molecule has 2 aromatic rings. The van der Waals surface area contributed by atoms with Crippen LogP contribution >= 0.6 is 11.3 Å². The third kappa shape index (κ3) is 4.83. The second-order valence-corrected chi connectivity index (χ2v) is 7.64. The second kappa shape index (κ2) is 8.50. The predicted molar refractivity (Wildman–Crippen MR) is 102 cm³/mol. The Morgan fingerprint density at radius 3 is 3.00 bits per heavy atom. The van der Waals surface area contributed by atoms with Crippen molar-refractivity contribution in [3.8, 4) is 5.75 Å². The Bertz CT molecular complexity index is 687. The molecular weight excluding hydrogens is 332 g/mol. The molecule has 25 heavy (non-hydrogen) atoms. The quantitative estimate of drug-likeness (QED) is 0.756. The van der Waals surface area contributed by atoms with Crippen molar-refractivity contribution < 1.29 is 9.53 Å². The molecule has 1 amide bonds. The van der Waals surface area contributed by atoms with Crippen molar-refractivity contribution in [2.75, 3.05) is 33.3 Å². The first-order chi connectivity index (χ1) is 12.1. The van der Waals surface area contributed by atoms with Crippen LogP contribution in [0.4, 0.5) is 0 Å². The van der Waals surface area contributed by atoms with E-state index < -0.39 is 0 Å². The van der Waals surface area contributed by atoms with Gasteiger partial charge in [-0.2, -0.15) is 0 Å². The zero-order valence-electron chi connectivity index (χ0n) is 15.0. The Hall–Kier alpha value is -1.85. The van der Waals surface area contributed by atoms with Crippen LogP contribution in [-0.4, -0.2) is 49.0 Å². The van der Waals surface area contributed by atoms with Crippen LogP contribution < -0.4 is 4.74 Å². The van der Waals surface area contributed by atoms with Gasteiger partial charge in [0.2, 0.25) is 5.91 Å². The number of aryl methyl sites for hydroxylation is 1. The Morgan fingerprint density at radius 2 is 2.24 bits per heavy atom. The summed E-state index contributed by atoms with van der Waals surface area (Å²) in [7, 11) is 1.98. The summed E-state index contributed by atoms with van der Waals surface area (Å²) in [6.45, 7) is 4.69. The number of rotatable bonds is 7. The van der Waals surface area contributed by atoms with Gasteiger partial charge in [-0.3, -0.25) is 9.69 Å². The van der Waals surface area contributed by atoms with Gasteiger partial charge < -0.3 is 9.64 Å². The summed E-state index contributed by atoms with van der Waals surface area (Å²) >= 11 is 1.75. The van der Waals surface area contributed by atoms with E-state index in [4.69, 9.17) is 4.74 Å². The first kappa shape index (κ1) is 18.0. The van der Waals surface area contributed by atoms with E-state index in [1.165, 1.54) is 10.4 Å². The third-order valence-electron chi connectivity index (χ3n) is 4.58. The van der Waals surface area contributed by atoms with Crippen molar-refractivity contribution in [3.63, 3.8) is 0 Å². The van der Waals surface area contributed by atoms with E-state index >= 15 is 0 Å². The summed E-state index contributed by atoms with van der Waals surface area (Å²) in [5.41, 5.74) is 1.19. The number of hydrogen-bond acceptors (Lipinski definition) is 4. The molecular formula is C20H26N2O2S. The number of thiophene rings is 1. The number of benzene rings is 1. The molecule has 1 aliphatic heterocycles. The summed E-state index contributed by atoms with van der Waals surface area (Å²) in [6.07, 6.45) is 2.17. The molecule has 5 heteroatoms. The van der Waals surface area contributed by atoms with Crippen LogP contribution in [0.2, 0.25) is 0 Å². The van der Waals surface area contributed by atoms with E-state index in [0.717, 1.165) is 31.7 Å². The van der Waals surface area contributed by atoms with Gasteiger partial charge in [-0.1, -0.05) is 18.2 Å². The number of likely N-dealkylation sites (tertiary alicyclic amines) is 1. The molecule has 3 rings (SSSR count). The molecule has 1 fully saturated rings. The molecule has 0 radical (unpaired) electrons. The Balaban J connectivity index is 1.45. The molecule has 0 saturated carbocycles. The number of hydrogen-bond donors (Lipinski definition) is 0. The van der Waals surface area contributed by atoms with Crippen molar-refractivity contribution in [2.45, 2.75) is 25.8 Å². The number of carbonyl (C=O) groups is 1. The standard InChI is InChI=1S/C20H26N2O2S/c1-16-6-3-7-17(14-16)24-12-11-21(2)15-20(23)22-10-4-8-18(22)19-9-5-13-25-19/h3,5-7,9,13-14,18H,4,8,10-12,15H2,1-2H3. The number of amides is 1. The molecule has 2 heterocycles. The van der Waals surface area contributed by atoms with Crippen LogP contribution in [0.15, 0.2) is 41.8 Å². The van der Waals surface area contributed by atoms with Crippen LogP contribution in [0.5, 0.6) is 5.75 Å². The van der Waals surface area contributed by atoms with E-state index in [0.29, 0.717) is 13.2 Å². The van der Waals surface area contributed by atoms with Crippen molar-refractivity contribution in [1.82, 2.24) is 9.80 Å². The lowest BCUT2D eigenvalue weighted by atomic mass is 10.2. The van der Waals surface area contributed by atoms with Gasteiger partial charge in [0, 0.05) is 18.0 Å². The SMILES string of the molecule is Cc1cccc(OCCN(C)CC(=O)N2CCCC2c2cccs2)c1. The van der Waals surface area contributed by atoms with Gasteiger partial charge in [0.05, 0.1) is 12.6 Å². The Kier molecular flexibility index (Phi) is 6.10. The molecule has 1 aromatic heterocycles. The minimum absolute atomic E-state index is 0.217. The minimum atomic E-state index is 0.217. The van der Waals surface area contributed by atoms with Gasteiger partial charge in [-0.25, -0.2) is 0 Å². The molecule has 4 nitrogen and oxygen atoms in total. The summed E-state index contributed by atoms with van der Waals surface area (Å²) < 4.78 is 5.78. The highest BCUT2D eigenvalue weighted by atomic mass is 32.1. The van der Waals surface area contributed by atoms with Crippen molar-refractivity contribution in [1.29, 1.82) is 0 Å². The summed E-state index contributed by atoms with van der Waals surface area (Å²) in [5, 5.41) is 2.09. The largest absolute Gasteiger partial charge is 0.492 e. The van der Waals surface area contributed by atoms with Crippen LogP contribution in [0.1, 0.15) is 29.3 Å². The molecule has 1 saturated heterocycles. The molecule has 1 aromatic carbocycles. The first-order valence-electron chi connectivity index (χ1n) is 8.84. The normalized spacial score (nSPS) is 17.2. The van der Waals surface area contributed by atoms with Gasteiger partial charge in [0.15, 0.2) is 0 Å². The summed E-state index contributed by atoms with van der Waals surface area (Å²) in [6, 6.07) is 12.5. The smallest absolute Gasteiger partial charge is 0.237 e. The van der Waals surface area contributed by atoms with Crippen molar-refractivity contribution in [2.24, 2.45) is 0 Å². The molecule has 0 N–H and O–H groups in total. The third-order valence-corrected chi connectivity index (χ3v) is 5.55. The Morgan fingerprint density at radius 1 is 1.36 bits per heavy atom. The fourth-order valence-corrected chi connectivity index (χ4v) is 4.14. The van der Waals surface area contributed by atoms with Crippen molar-refractivity contribution in [3.05, 3.63) is 52.2 Å². The maximum Gasteiger partial charge on any atom is 0.237 e. The van der Waals surface area contributed by atoms with Gasteiger partial charge in [0.25, 0.3) is 0 Å². The highest BCUT2D eigenvalue weighted by molar-refractivity contribution is 7.10. The first-order valence-corrected chi connectivity index (χ1v) is 9.72. The number of ether oxygens (including phenoxy) is 1. The average molecular weight is 359 g/mol. The molecule has 1 aliphatic rings. The highest BCUT2D eigenvalue weighted by Crippen LogP contribution is 2.34. The number of likely N-dealkylation sites (N-methyl/N-ethyl adjacent to an activating group) is 1. The zero-order chi connectivity index (χ0) is 17.6. The Labute approximate surface area is 154 Å². The van der Waals surface area contributed by atoms with Crippen LogP contribution in [-0.2, 0) is 4.79 Å². The van der Waals surface area contributed by atoms with Crippen molar-refractivity contribution >= 4 is 17.2 Å². The van der Waals surface area contributed by atoms with Gasteiger partial charge in [0.1, 0.15) is 12.4 Å². The molecule has 0 aliphatic carbocycles. The van der Waals surface area contributed by atoms with Crippen LogP contribution in [0.25, 0.3) is 0 Å². The molecule has 0 spiro atoms. The zero-order valence-corrected chi connectivity index (χ0v) is 15.8. The van der Waals surface area contributed by atoms with E-state index in [1.54, 1.807) is 11.3 Å². The molecule has 1 atom stereocenters. The molecule has 134 valence electrons. The number of carbonyl (C=O) groups excluding carboxylic acids is 1. The molecule has 0 bridgehead atoms. The maximum atomic E-state index is 12.7. The minimum Gasteiger partial charge on any atom is -0.492 e. The van der Waals surface area contributed by atoms with E-state index in [-0.39, 0.29) is 11.9 Å². The number of nitrogens with zero attached hydrogens (tertiary/aromatic N) is 2. The predicted octanol–water partition coefficient (Wildman–Crippen LogP) is 3.73. The van der Waals surface area contributed by atoms with E-state index in [9.17, 15) is 4.79 Å². The lowest BCUT2D eigenvalue weighted by molar-refractivity contribution is -0.133. The fraction of sp³-hybridized carbons (Fsp3) is 0.450. The van der Waals surface area contributed by atoms with E-state index in [2.05, 4.69) is 30.5 Å². The lowest BCUT2D eigenvalue weighted by Gasteiger charge is -2.26. The topological polar surface area (TPSA) is 32.8 Å².